The number of allylic oxidation sites excluding steroid dienone is 2. The maximum Gasteiger partial charge on any atom is 0.110 e. The number of hydrogen-bond acceptors (Lipinski definition) is 4. The van der Waals surface area contributed by atoms with Crippen LogP contribution in [0.25, 0.3) is 5.57 Å². The van der Waals surface area contributed by atoms with Crippen LogP contribution in [0.5, 0.6) is 0 Å². The Morgan fingerprint density at radius 2 is 1.35 bits per heavy atom. The predicted octanol–water partition coefficient (Wildman–Crippen LogP) is 9.51. The summed E-state index contributed by atoms with van der Waals surface area (Å²) >= 11 is 0. The van der Waals surface area contributed by atoms with Crippen LogP contribution in [0.2, 0.25) is 0 Å². The van der Waals surface area contributed by atoms with Gasteiger partial charge in [0.15, 0.2) is 0 Å². The standard InChI is InChI=1S/C42H48N4/c1-7-41(8-2)34-22-21-31(38-29(5)15-14-16-30(38)6)26-37(34)46-40(44-33-24-27(3)23-28(4)25-33)42(41)35-19-12-13-20-36(35)45-39(42)43-32-17-10-9-11-18-32/h9-26,34,37,39-40,43-46H,7-8H2,1-6H3. The van der Waals surface area contributed by atoms with Gasteiger partial charge in [0.2, 0.25) is 0 Å². The van der Waals surface area contributed by atoms with Gasteiger partial charge in [-0.3, -0.25) is 5.32 Å². The molecule has 0 bridgehead atoms. The molecule has 2 aliphatic heterocycles. The SMILES string of the molecule is CCC1(CC)C2C=CC(c3c(C)cccc3C)=CC2NC(Nc2cc(C)cc(C)c2)C12c1ccccc1NC2Nc1ccccc1. The maximum atomic E-state index is 4.28. The number of hydrogen-bond donors (Lipinski definition) is 4. The van der Waals surface area contributed by atoms with Gasteiger partial charge >= 0.3 is 0 Å². The van der Waals surface area contributed by atoms with Crippen LogP contribution in [0.15, 0.2) is 109 Å². The second-order valence-corrected chi connectivity index (χ2v) is 13.8. The number of piperidine rings is 1. The molecule has 4 N–H and O–H groups in total. The molecule has 4 heteroatoms. The predicted molar refractivity (Wildman–Crippen MR) is 195 cm³/mol. The summed E-state index contributed by atoms with van der Waals surface area (Å²) in [6, 6.07) is 33.4. The fraction of sp³-hybridized carbons (Fsp3) is 0.333. The Balaban J connectivity index is 1.45. The molecular weight excluding hydrogens is 560 g/mol. The van der Waals surface area contributed by atoms with Crippen molar-refractivity contribution in [3.63, 3.8) is 0 Å². The first-order chi connectivity index (χ1) is 22.3. The Labute approximate surface area is 275 Å². The number of para-hydroxylation sites is 2. The van der Waals surface area contributed by atoms with Crippen molar-refractivity contribution in [3.8, 4) is 0 Å². The van der Waals surface area contributed by atoms with Gasteiger partial charge in [0.05, 0.1) is 11.6 Å². The molecular formula is C42H48N4. The van der Waals surface area contributed by atoms with Gasteiger partial charge in [0.25, 0.3) is 0 Å². The van der Waals surface area contributed by atoms with Crippen LogP contribution < -0.4 is 21.3 Å². The van der Waals surface area contributed by atoms with Crippen molar-refractivity contribution < 1.29 is 0 Å². The quantitative estimate of drug-likeness (QED) is 0.169. The third-order valence-corrected chi connectivity index (χ3v) is 11.3. The third-order valence-electron chi connectivity index (χ3n) is 11.3. The summed E-state index contributed by atoms with van der Waals surface area (Å²) in [6.45, 7) is 13.7. The summed E-state index contributed by atoms with van der Waals surface area (Å²) in [6.07, 6.45) is 9.43. The first-order valence-corrected chi connectivity index (χ1v) is 17.1. The van der Waals surface area contributed by atoms with Crippen molar-refractivity contribution in [1.29, 1.82) is 0 Å². The molecule has 7 rings (SSSR count). The van der Waals surface area contributed by atoms with Gasteiger partial charge in [0.1, 0.15) is 6.17 Å². The summed E-state index contributed by atoms with van der Waals surface area (Å²) in [5.41, 5.74) is 12.3. The number of rotatable bonds is 7. The van der Waals surface area contributed by atoms with Gasteiger partial charge in [-0.05, 0) is 115 Å². The van der Waals surface area contributed by atoms with E-state index in [1.807, 2.05) is 0 Å². The van der Waals surface area contributed by atoms with Crippen molar-refractivity contribution in [2.75, 3.05) is 16.0 Å². The highest BCUT2D eigenvalue weighted by molar-refractivity contribution is 5.80. The average Bonchev–Trinajstić information content (AvgIpc) is 3.36. The normalized spacial score (nSPS) is 25.7. The minimum atomic E-state index is -0.351. The van der Waals surface area contributed by atoms with E-state index in [2.05, 4.69) is 172 Å². The highest BCUT2D eigenvalue weighted by Gasteiger charge is 2.68. The Morgan fingerprint density at radius 1 is 0.696 bits per heavy atom. The largest absolute Gasteiger partial charge is 0.369 e. The topological polar surface area (TPSA) is 48.1 Å². The maximum absolute atomic E-state index is 4.28. The number of fused-ring (bicyclic) bond motifs is 3. The van der Waals surface area contributed by atoms with Crippen molar-refractivity contribution in [3.05, 3.63) is 143 Å². The molecule has 46 heavy (non-hydrogen) atoms. The summed E-state index contributed by atoms with van der Waals surface area (Å²) in [7, 11) is 0. The van der Waals surface area contributed by atoms with Crippen molar-refractivity contribution in [2.24, 2.45) is 11.3 Å². The second-order valence-electron chi connectivity index (χ2n) is 13.8. The molecule has 0 saturated carbocycles. The molecule has 1 fully saturated rings. The zero-order valence-corrected chi connectivity index (χ0v) is 28.1. The fourth-order valence-corrected chi connectivity index (χ4v) is 9.49. The number of anilines is 3. The Morgan fingerprint density at radius 3 is 2.04 bits per heavy atom. The fourth-order valence-electron chi connectivity index (χ4n) is 9.49. The van der Waals surface area contributed by atoms with Crippen molar-refractivity contribution >= 4 is 22.6 Å². The van der Waals surface area contributed by atoms with Gasteiger partial charge in [-0.25, -0.2) is 0 Å². The molecule has 4 aromatic carbocycles. The molecule has 5 atom stereocenters. The van der Waals surface area contributed by atoms with Crippen LogP contribution in [-0.4, -0.2) is 18.4 Å². The summed E-state index contributed by atoms with van der Waals surface area (Å²) in [5.74, 6) is 0.292. The van der Waals surface area contributed by atoms with Crippen LogP contribution in [0.1, 0.15) is 60.1 Å². The van der Waals surface area contributed by atoms with Crippen LogP contribution in [0.4, 0.5) is 17.1 Å². The molecule has 4 nitrogen and oxygen atoms in total. The van der Waals surface area contributed by atoms with Crippen LogP contribution in [-0.2, 0) is 5.41 Å². The molecule has 1 saturated heterocycles. The van der Waals surface area contributed by atoms with E-state index in [-0.39, 0.29) is 29.2 Å². The number of aryl methyl sites for hydroxylation is 4. The summed E-state index contributed by atoms with van der Waals surface area (Å²) in [4.78, 5) is 0. The minimum Gasteiger partial charge on any atom is -0.369 e. The van der Waals surface area contributed by atoms with Gasteiger partial charge < -0.3 is 16.0 Å². The molecule has 236 valence electrons. The number of nitrogens with one attached hydrogen (secondary N) is 4. The number of benzene rings is 4. The van der Waals surface area contributed by atoms with E-state index in [1.54, 1.807) is 0 Å². The highest BCUT2D eigenvalue weighted by atomic mass is 15.3. The van der Waals surface area contributed by atoms with E-state index in [1.165, 1.54) is 44.6 Å². The lowest BCUT2D eigenvalue weighted by Gasteiger charge is -2.64. The Bertz CT molecular complexity index is 1760. The third kappa shape index (κ3) is 4.69. The van der Waals surface area contributed by atoms with E-state index >= 15 is 0 Å². The molecule has 1 spiro atoms. The molecule has 0 radical (unpaired) electrons. The Hall–Kier alpha value is -4.28. The molecule has 0 aromatic heterocycles. The molecule has 2 heterocycles. The van der Waals surface area contributed by atoms with Crippen molar-refractivity contribution in [2.45, 2.75) is 78.2 Å². The van der Waals surface area contributed by atoms with E-state index in [0.717, 1.165) is 24.2 Å². The zero-order valence-electron chi connectivity index (χ0n) is 28.1. The van der Waals surface area contributed by atoms with Gasteiger partial charge in [-0.1, -0.05) is 92.7 Å². The zero-order chi connectivity index (χ0) is 32.1. The Kier molecular flexibility index (Phi) is 7.81. The lowest BCUT2D eigenvalue weighted by atomic mass is 9.46. The molecule has 5 unspecified atom stereocenters. The highest BCUT2D eigenvalue weighted by Crippen LogP contribution is 2.64. The van der Waals surface area contributed by atoms with Crippen LogP contribution in [0, 0.1) is 39.0 Å². The molecule has 4 aromatic rings. The van der Waals surface area contributed by atoms with E-state index < -0.39 is 0 Å². The summed E-state index contributed by atoms with van der Waals surface area (Å²) in [5, 5.41) is 16.5. The van der Waals surface area contributed by atoms with Crippen LogP contribution >= 0.6 is 0 Å². The monoisotopic (exact) mass is 608 g/mol. The molecule has 0 amide bonds. The first-order valence-electron chi connectivity index (χ1n) is 17.1. The smallest absolute Gasteiger partial charge is 0.110 e. The van der Waals surface area contributed by atoms with E-state index in [0.29, 0.717) is 5.92 Å². The van der Waals surface area contributed by atoms with Gasteiger partial charge in [-0.2, -0.15) is 0 Å². The van der Waals surface area contributed by atoms with Gasteiger partial charge in [0, 0.05) is 29.0 Å². The first kappa shape index (κ1) is 30.4. The minimum absolute atomic E-state index is 0.0542. The van der Waals surface area contributed by atoms with E-state index in [4.69, 9.17) is 0 Å². The summed E-state index contributed by atoms with van der Waals surface area (Å²) < 4.78 is 0. The average molecular weight is 609 g/mol. The molecule has 3 aliphatic rings. The van der Waals surface area contributed by atoms with Crippen molar-refractivity contribution in [1.82, 2.24) is 5.32 Å². The van der Waals surface area contributed by atoms with Crippen LogP contribution in [0.3, 0.4) is 0 Å². The van der Waals surface area contributed by atoms with E-state index in [9.17, 15) is 0 Å². The lowest BCUT2D eigenvalue weighted by molar-refractivity contribution is -0.0266. The second kappa shape index (κ2) is 11.8. The molecule has 1 aliphatic carbocycles. The van der Waals surface area contributed by atoms with Gasteiger partial charge in [-0.15, -0.1) is 0 Å². The lowest BCUT2D eigenvalue weighted by Crippen LogP contribution is -2.76.